The molecule has 2 saturated heterocycles. The SMILES string of the molecule is CC[C@H]1[C@H]2[C@H]([C@H](C)c3c[nH]c4ccccc34)NC(=O)[C@]23C(=O)/C=C/C(=O)C(=O)/C(C)=C/[C@@H](C)C/C=C/[C@H]3[C@@H]2O[C@]12C. The van der Waals surface area contributed by atoms with Crippen molar-refractivity contribution in [3.63, 3.8) is 0 Å². The number of aromatic nitrogens is 1. The van der Waals surface area contributed by atoms with Crippen LogP contribution in [0, 0.1) is 29.1 Å². The predicted octanol–water partition coefficient (Wildman–Crippen LogP) is 4.99. The van der Waals surface area contributed by atoms with E-state index in [0.717, 1.165) is 29.0 Å². The van der Waals surface area contributed by atoms with Gasteiger partial charge in [0.15, 0.2) is 5.78 Å². The lowest BCUT2D eigenvalue weighted by atomic mass is 9.50. The molecule has 3 heterocycles. The molecule has 214 valence electrons. The Balaban J connectivity index is 1.52. The fourth-order valence-corrected chi connectivity index (χ4v) is 8.32. The second-order valence-electron chi connectivity index (χ2n) is 12.6. The number of allylic oxidation sites excluding steroid dienone is 5. The number of benzene rings is 1. The Hall–Kier alpha value is -3.58. The van der Waals surface area contributed by atoms with Gasteiger partial charge in [0.05, 0.1) is 11.7 Å². The summed E-state index contributed by atoms with van der Waals surface area (Å²) in [4.78, 5) is 57.8. The minimum atomic E-state index is -1.46. The standard InChI is InChI=1S/C34H38N2O5/c1-6-23-28-29(20(4)22-17-35-25-13-8-7-11-21(22)25)36-32(40)34(28)24(31-33(23,5)41-31)12-9-10-18(2)16-19(3)30(39)26(37)14-15-27(34)38/h7-9,11-18,20,23-24,28-29,31,35H,6,10H2,1-5H3,(H,36,40)/b12-9+,15-14+,19-16+/t18-,20+,23-,24-,28-,29-,31-,33+,34+/m0/s1. The number of ether oxygens (including phenoxy) is 1. The molecule has 2 aromatic rings. The first-order chi connectivity index (χ1) is 19.5. The maximum Gasteiger partial charge on any atom is 0.235 e. The molecule has 7 heteroatoms. The summed E-state index contributed by atoms with van der Waals surface area (Å²) in [5.41, 5.74) is 0.537. The summed E-state index contributed by atoms with van der Waals surface area (Å²) in [5, 5.41) is 4.38. The summed E-state index contributed by atoms with van der Waals surface area (Å²) in [7, 11) is 0. The van der Waals surface area contributed by atoms with Crippen molar-refractivity contribution in [2.45, 2.75) is 71.1 Å². The number of fused-ring (bicyclic) bond motifs is 3. The molecule has 0 unspecified atom stereocenters. The van der Waals surface area contributed by atoms with Gasteiger partial charge in [0, 0.05) is 40.9 Å². The van der Waals surface area contributed by atoms with Gasteiger partial charge in [-0.2, -0.15) is 0 Å². The number of ketones is 3. The molecule has 1 spiro atoms. The molecule has 2 N–H and O–H groups in total. The monoisotopic (exact) mass is 554 g/mol. The van der Waals surface area contributed by atoms with Gasteiger partial charge < -0.3 is 15.0 Å². The minimum absolute atomic E-state index is 0.000661. The molecule has 2 aliphatic carbocycles. The van der Waals surface area contributed by atoms with Crippen LogP contribution in [0.3, 0.4) is 0 Å². The molecule has 3 fully saturated rings. The summed E-state index contributed by atoms with van der Waals surface area (Å²) >= 11 is 0. The number of carbonyl (C=O) groups is 4. The molecule has 0 bridgehead atoms. The van der Waals surface area contributed by atoms with Crippen molar-refractivity contribution in [1.82, 2.24) is 10.3 Å². The summed E-state index contributed by atoms with van der Waals surface area (Å²) in [6, 6.07) is 7.75. The second kappa shape index (κ2) is 9.76. The van der Waals surface area contributed by atoms with E-state index in [1.807, 2.05) is 43.5 Å². The highest BCUT2D eigenvalue weighted by Gasteiger charge is 2.79. The highest BCUT2D eigenvalue weighted by atomic mass is 16.6. The molecular formula is C34H38N2O5. The Labute approximate surface area is 240 Å². The third-order valence-electron chi connectivity index (χ3n) is 10.3. The lowest BCUT2D eigenvalue weighted by Crippen LogP contribution is -2.58. The van der Waals surface area contributed by atoms with Gasteiger partial charge in [-0.15, -0.1) is 0 Å². The lowest BCUT2D eigenvalue weighted by molar-refractivity contribution is -0.145. The summed E-state index contributed by atoms with van der Waals surface area (Å²) in [6.07, 6.45) is 11.1. The van der Waals surface area contributed by atoms with Crippen LogP contribution in [-0.2, 0) is 23.9 Å². The smallest absolute Gasteiger partial charge is 0.235 e. The molecule has 2 aliphatic heterocycles. The van der Waals surface area contributed by atoms with Gasteiger partial charge in [0.1, 0.15) is 5.41 Å². The molecule has 1 saturated carbocycles. The average Bonchev–Trinajstić information content (AvgIpc) is 3.31. The maximum atomic E-state index is 14.4. The summed E-state index contributed by atoms with van der Waals surface area (Å²) in [6.45, 7) is 9.92. The fourth-order valence-electron chi connectivity index (χ4n) is 8.32. The quantitative estimate of drug-likeness (QED) is 0.241. The van der Waals surface area contributed by atoms with E-state index < -0.39 is 34.3 Å². The Morgan fingerprint density at radius 1 is 1.12 bits per heavy atom. The highest BCUT2D eigenvalue weighted by molar-refractivity contribution is 6.47. The number of carbonyl (C=O) groups excluding carboxylic acids is 4. The lowest BCUT2D eigenvalue weighted by Gasteiger charge is -2.47. The number of amides is 1. The summed E-state index contributed by atoms with van der Waals surface area (Å²) in [5.74, 6) is -3.20. The van der Waals surface area contributed by atoms with Crippen LogP contribution >= 0.6 is 0 Å². The number of Topliss-reactive ketones (excluding diaryl/α,β-unsaturated/α-hetero) is 1. The second-order valence-corrected chi connectivity index (χ2v) is 12.6. The molecule has 0 radical (unpaired) electrons. The van der Waals surface area contributed by atoms with Crippen LogP contribution in [0.25, 0.3) is 10.9 Å². The largest absolute Gasteiger partial charge is 0.365 e. The number of hydrogen-bond acceptors (Lipinski definition) is 5. The van der Waals surface area contributed by atoms with Gasteiger partial charge in [-0.05, 0) is 61.5 Å². The number of para-hydroxylation sites is 1. The summed E-state index contributed by atoms with van der Waals surface area (Å²) < 4.78 is 6.44. The van der Waals surface area contributed by atoms with Gasteiger partial charge in [-0.1, -0.05) is 63.6 Å². The van der Waals surface area contributed by atoms with Gasteiger partial charge in [-0.3, -0.25) is 19.2 Å². The predicted molar refractivity (Wildman–Crippen MR) is 156 cm³/mol. The van der Waals surface area contributed by atoms with Gasteiger partial charge in [0.25, 0.3) is 0 Å². The Morgan fingerprint density at radius 3 is 2.63 bits per heavy atom. The fraction of sp³-hybridized carbons (Fsp3) is 0.471. The Kier molecular flexibility index (Phi) is 6.57. The van der Waals surface area contributed by atoms with Crippen molar-refractivity contribution in [1.29, 1.82) is 0 Å². The van der Waals surface area contributed by atoms with Crippen LogP contribution in [0.4, 0.5) is 0 Å². The minimum Gasteiger partial charge on any atom is -0.365 e. The van der Waals surface area contributed by atoms with Crippen molar-refractivity contribution < 1.29 is 23.9 Å². The Morgan fingerprint density at radius 2 is 1.88 bits per heavy atom. The number of nitrogens with one attached hydrogen (secondary N) is 2. The van der Waals surface area contributed by atoms with Gasteiger partial charge in [-0.25, -0.2) is 0 Å². The van der Waals surface area contributed by atoms with Crippen molar-refractivity contribution in [2.75, 3.05) is 0 Å². The zero-order valence-electron chi connectivity index (χ0n) is 24.3. The van der Waals surface area contributed by atoms with E-state index in [0.29, 0.717) is 12.0 Å². The molecular weight excluding hydrogens is 516 g/mol. The first-order valence-corrected chi connectivity index (χ1v) is 14.8. The van der Waals surface area contributed by atoms with Gasteiger partial charge >= 0.3 is 0 Å². The van der Waals surface area contributed by atoms with Crippen LogP contribution in [0.2, 0.25) is 0 Å². The van der Waals surface area contributed by atoms with E-state index >= 15 is 0 Å². The number of hydrogen-bond donors (Lipinski definition) is 2. The van der Waals surface area contributed by atoms with Crippen molar-refractivity contribution in [2.24, 2.45) is 29.1 Å². The van der Waals surface area contributed by atoms with E-state index in [1.165, 1.54) is 6.08 Å². The zero-order chi connectivity index (χ0) is 29.3. The van der Waals surface area contributed by atoms with Crippen LogP contribution < -0.4 is 5.32 Å². The third kappa shape index (κ3) is 3.96. The molecule has 9 atom stereocenters. The van der Waals surface area contributed by atoms with Crippen LogP contribution in [-0.4, -0.2) is 46.0 Å². The highest BCUT2D eigenvalue weighted by Crippen LogP contribution is 2.67. The van der Waals surface area contributed by atoms with E-state index in [9.17, 15) is 19.2 Å². The molecule has 1 amide bonds. The first kappa shape index (κ1) is 27.6. The number of rotatable bonds is 3. The normalized spacial score (nSPS) is 40.6. The van der Waals surface area contributed by atoms with E-state index in [-0.39, 0.29) is 41.7 Å². The average molecular weight is 555 g/mol. The van der Waals surface area contributed by atoms with Crippen molar-refractivity contribution >= 4 is 34.2 Å². The van der Waals surface area contributed by atoms with Crippen LogP contribution in [0.1, 0.15) is 58.9 Å². The van der Waals surface area contributed by atoms with Crippen molar-refractivity contribution in [3.05, 3.63) is 72.0 Å². The zero-order valence-corrected chi connectivity index (χ0v) is 24.3. The number of H-pyrrole nitrogens is 1. The van der Waals surface area contributed by atoms with E-state index in [2.05, 4.69) is 37.1 Å². The molecule has 1 aromatic carbocycles. The molecule has 7 nitrogen and oxygen atoms in total. The molecule has 1 aromatic heterocycles. The van der Waals surface area contributed by atoms with Gasteiger partial charge in [0.2, 0.25) is 17.5 Å². The third-order valence-corrected chi connectivity index (χ3v) is 10.3. The molecule has 41 heavy (non-hydrogen) atoms. The maximum absolute atomic E-state index is 14.4. The van der Waals surface area contributed by atoms with E-state index in [1.54, 1.807) is 13.0 Å². The topological polar surface area (TPSA) is 109 Å². The Bertz CT molecular complexity index is 1550. The first-order valence-electron chi connectivity index (χ1n) is 14.8. The van der Waals surface area contributed by atoms with Crippen LogP contribution in [0.5, 0.6) is 0 Å². The van der Waals surface area contributed by atoms with Crippen LogP contribution in [0.15, 0.2) is 66.4 Å². The number of aromatic amines is 1. The van der Waals surface area contributed by atoms with Crippen molar-refractivity contribution in [3.8, 4) is 0 Å². The molecule has 6 rings (SSSR count). The number of epoxide rings is 1. The van der Waals surface area contributed by atoms with E-state index in [4.69, 9.17) is 4.74 Å². The molecule has 4 aliphatic rings.